The van der Waals surface area contributed by atoms with Gasteiger partial charge in [-0.1, -0.05) is 12.1 Å². The summed E-state index contributed by atoms with van der Waals surface area (Å²) in [6, 6.07) is 7.82. The molecular weight excluding hydrogens is 202 g/mol. The van der Waals surface area contributed by atoms with E-state index in [1.54, 1.807) is 6.20 Å². The Balaban J connectivity index is 2.02. The zero-order chi connectivity index (χ0) is 11.2. The number of aromatic nitrogens is 2. The molecule has 2 aromatic rings. The van der Waals surface area contributed by atoms with E-state index in [9.17, 15) is 0 Å². The van der Waals surface area contributed by atoms with Gasteiger partial charge in [-0.3, -0.25) is 4.98 Å². The van der Waals surface area contributed by atoms with Crippen LogP contribution in [0.4, 0.5) is 5.82 Å². The van der Waals surface area contributed by atoms with Crippen LogP contribution in [0.2, 0.25) is 0 Å². The Hall–Kier alpha value is -1.68. The van der Waals surface area contributed by atoms with Gasteiger partial charge in [-0.2, -0.15) is 0 Å². The average molecular weight is 217 g/mol. The van der Waals surface area contributed by atoms with E-state index in [1.165, 1.54) is 0 Å². The molecule has 0 saturated carbocycles. The summed E-state index contributed by atoms with van der Waals surface area (Å²) in [4.78, 5) is 8.76. The lowest BCUT2D eigenvalue weighted by atomic mass is 10.3. The number of benzene rings is 1. The standard InChI is InChI=1S/C12H15N3O/c1-2-16-8-7-13-12-9-14-10-5-3-4-6-11(10)15-12/h3-6,9H,2,7-8H2,1H3,(H,13,15). The van der Waals surface area contributed by atoms with E-state index in [1.807, 2.05) is 31.2 Å². The van der Waals surface area contributed by atoms with Crippen LogP contribution in [0.1, 0.15) is 6.92 Å². The summed E-state index contributed by atoms with van der Waals surface area (Å²) in [5.41, 5.74) is 1.82. The molecule has 4 nitrogen and oxygen atoms in total. The maximum absolute atomic E-state index is 5.23. The lowest BCUT2D eigenvalue weighted by Gasteiger charge is -2.05. The molecule has 0 spiro atoms. The highest BCUT2D eigenvalue weighted by Gasteiger charge is 1.97. The third kappa shape index (κ3) is 2.67. The second kappa shape index (κ2) is 5.42. The summed E-state index contributed by atoms with van der Waals surface area (Å²) < 4.78 is 5.23. The van der Waals surface area contributed by atoms with Crippen molar-refractivity contribution in [3.8, 4) is 0 Å². The molecule has 1 heterocycles. The van der Waals surface area contributed by atoms with Crippen molar-refractivity contribution in [2.75, 3.05) is 25.1 Å². The maximum atomic E-state index is 5.23. The number of rotatable bonds is 5. The van der Waals surface area contributed by atoms with Gasteiger partial charge in [0.25, 0.3) is 0 Å². The van der Waals surface area contributed by atoms with Crippen LogP contribution in [-0.4, -0.2) is 29.7 Å². The third-order valence-electron chi connectivity index (χ3n) is 2.21. The van der Waals surface area contributed by atoms with Crippen molar-refractivity contribution < 1.29 is 4.74 Å². The van der Waals surface area contributed by atoms with E-state index in [-0.39, 0.29) is 0 Å². The number of para-hydroxylation sites is 2. The van der Waals surface area contributed by atoms with Crippen molar-refractivity contribution in [3.63, 3.8) is 0 Å². The molecule has 0 atom stereocenters. The van der Waals surface area contributed by atoms with Crippen molar-refractivity contribution in [2.45, 2.75) is 6.92 Å². The maximum Gasteiger partial charge on any atom is 0.145 e. The summed E-state index contributed by atoms with van der Waals surface area (Å²) >= 11 is 0. The minimum absolute atomic E-state index is 0.686. The van der Waals surface area contributed by atoms with Gasteiger partial charge in [0.15, 0.2) is 0 Å². The number of hydrogen-bond acceptors (Lipinski definition) is 4. The van der Waals surface area contributed by atoms with Gasteiger partial charge in [0.05, 0.1) is 23.8 Å². The van der Waals surface area contributed by atoms with Gasteiger partial charge < -0.3 is 10.1 Å². The van der Waals surface area contributed by atoms with Gasteiger partial charge in [0, 0.05) is 13.2 Å². The lowest BCUT2D eigenvalue weighted by Crippen LogP contribution is -2.10. The van der Waals surface area contributed by atoms with Gasteiger partial charge in [-0.15, -0.1) is 0 Å². The average Bonchev–Trinajstić information content (AvgIpc) is 2.34. The first-order valence-electron chi connectivity index (χ1n) is 5.43. The summed E-state index contributed by atoms with van der Waals surface area (Å²) in [5.74, 6) is 0.790. The van der Waals surface area contributed by atoms with Gasteiger partial charge in [-0.25, -0.2) is 4.98 Å². The monoisotopic (exact) mass is 217 g/mol. The van der Waals surface area contributed by atoms with E-state index in [0.717, 1.165) is 30.0 Å². The minimum atomic E-state index is 0.686. The zero-order valence-corrected chi connectivity index (χ0v) is 9.31. The Bertz CT molecular complexity index is 459. The fraction of sp³-hybridized carbons (Fsp3) is 0.333. The highest BCUT2D eigenvalue weighted by atomic mass is 16.5. The molecule has 0 fully saturated rings. The number of anilines is 1. The van der Waals surface area contributed by atoms with Crippen molar-refractivity contribution in [3.05, 3.63) is 30.5 Å². The number of fused-ring (bicyclic) bond motifs is 1. The van der Waals surface area contributed by atoms with E-state index < -0.39 is 0 Å². The molecule has 1 aromatic heterocycles. The zero-order valence-electron chi connectivity index (χ0n) is 9.31. The predicted octanol–water partition coefficient (Wildman–Crippen LogP) is 2.08. The quantitative estimate of drug-likeness (QED) is 0.779. The van der Waals surface area contributed by atoms with Gasteiger partial charge in [0.2, 0.25) is 0 Å². The van der Waals surface area contributed by atoms with Gasteiger partial charge in [0.1, 0.15) is 5.82 Å². The Kier molecular flexibility index (Phi) is 3.66. The van der Waals surface area contributed by atoms with E-state index in [4.69, 9.17) is 4.74 Å². The lowest BCUT2D eigenvalue weighted by molar-refractivity contribution is 0.158. The first-order valence-corrected chi connectivity index (χ1v) is 5.43. The largest absolute Gasteiger partial charge is 0.380 e. The van der Waals surface area contributed by atoms with Crippen molar-refractivity contribution in [1.82, 2.24) is 9.97 Å². The van der Waals surface area contributed by atoms with Gasteiger partial charge in [-0.05, 0) is 19.1 Å². The number of nitrogens with zero attached hydrogens (tertiary/aromatic N) is 2. The van der Waals surface area contributed by atoms with E-state index in [0.29, 0.717) is 6.61 Å². The van der Waals surface area contributed by atoms with Crippen LogP contribution >= 0.6 is 0 Å². The summed E-state index contributed by atoms with van der Waals surface area (Å²) in [6.07, 6.45) is 1.74. The summed E-state index contributed by atoms with van der Waals surface area (Å²) in [6.45, 7) is 4.16. The smallest absolute Gasteiger partial charge is 0.145 e. The van der Waals surface area contributed by atoms with E-state index >= 15 is 0 Å². The molecule has 0 aliphatic carbocycles. The summed E-state index contributed by atoms with van der Waals surface area (Å²) in [7, 11) is 0. The third-order valence-corrected chi connectivity index (χ3v) is 2.21. The Labute approximate surface area is 94.7 Å². The molecular formula is C12H15N3O. The molecule has 2 rings (SSSR count). The summed E-state index contributed by atoms with van der Waals surface area (Å²) in [5, 5.41) is 3.17. The number of nitrogens with one attached hydrogen (secondary N) is 1. The fourth-order valence-electron chi connectivity index (χ4n) is 1.44. The molecule has 0 aliphatic rings. The number of hydrogen-bond donors (Lipinski definition) is 1. The topological polar surface area (TPSA) is 47.0 Å². The van der Waals surface area contributed by atoms with Crippen molar-refractivity contribution in [1.29, 1.82) is 0 Å². The molecule has 1 aromatic carbocycles. The normalized spacial score (nSPS) is 10.6. The SMILES string of the molecule is CCOCCNc1cnc2ccccc2n1. The first-order chi connectivity index (χ1) is 7.90. The first kappa shape index (κ1) is 10.8. The van der Waals surface area contributed by atoms with Crippen LogP contribution in [0.3, 0.4) is 0 Å². The second-order valence-corrected chi connectivity index (χ2v) is 3.37. The second-order valence-electron chi connectivity index (χ2n) is 3.37. The van der Waals surface area contributed by atoms with E-state index in [2.05, 4.69) is 15.3 Å². The molecule has 0 unspecified atom stereocenters. The molecule has 0 aliphatic heterocycles. The fourth-order valence-corrected chi connectivity index (χ4v) is 1.44. The van der Waals surface area contributed by atoms with Gasteiger partial charge >= 0.3 is 0 Å². The van der Waals surface area contributed by atoms with Crippen LogP contribution in [-0.2, 0) is 4.74 Å². The van der Waals surface area contributed by atoms with Crippen molar-refractivity contribution >= 4 is 16.9 Å². The molecule has 1 N–H and O–H groups in total. The van der Waals surface area contributed by atoms with Crippen LogP contribution in [0.15, 0.2) is 30.5 Å². The van der Waals surface area contributed by atoms with Crippen molar-refractivity contribution in [2.24, 2.45) is 0 Å². The van der Waals surface area contributed by atoms with Crippen LogP contribution in [0, 0.1) is 0 Å². The van der Waals surface area contributed by atoms with Crippen LogP contribution < -0.4 is 5.32 Å². The molecule has 0 saturated heterocycles. The predicted molar refractivity (Wildman–Crippen MR) is 64.5 cm³/mol. The number of ether oxygens (including phenoxy) is 1. The molecule has 84 valence electrons. The molecule has 0 amide bonds. The Morgan fingerprint density at radius 1 is 1.25 bits per heavy atom. The highest BCUT2D eigenvalue weighted by Crippen LogP contribution is 2.10. The van der Waals surface area contributed by atoms with Crippen LogP contribution in [0.25, 0.3) is 11.0 Å². The van der Waals surface area contributed by atoms with Crippen LogP contribution in [0.5, 0.6) is 0 Å². The molecule has 0 radical (unpaired) electrons. The molecule has 16 heavy (non-hydrogen) atoms. The Morgan fingerprint density at radius 3 is 2.88 bits per heavy atom. The highest BCUT2D eigenvalue weighted by molar-refractivity contribution is 5.75. The molecule has 4 heteroatoms. The Morgan fingerprint density at radius 2 is 2.06 bits per heavy atom. The minimum Gasteiger partial charge on any atom is -0.380 e. The molecule has 0 bridgehead atoms.